The summed E-state index contributed by atoms with van der Waals surface area (Å²) in [4.78, 5) is 0. The summed E-state index contributed by atoms with van der Waals surface area (Å²) in [6, 6.07) is 8.18. The molecular weight excluding hydrogens is 181 g/mol. The standard InChI is InChI=1S/C9H4F3O/c10-9(11,12)8-5-6-3-1-2-4-7(6)13-8/h1-2,4-5H. The van der Waals surface area contributed by atoms with Crippen LogP contribution in [0.3, 0.4) is 0 Å². The van der Waals surface area contributed by atoms with Gasteiger partial charge in [0.05, 0.1) is 0 Å². The third-order valence-electron chi connectivity index (χ3n) is 1.62. The van der Waals surface area contributed by atoms with Crippen LogP contribution in [0.1, 0.15) is 5.76 Å². The molecule has 1 nitrogen and oxygen atoms in total. The summed E-state index contributed by atoms with van der Waals surface area (Å²) in [6.45, 7) is 0. The van der Waals surface area contributed by atoms with Gasteiger partial charge in [-0.05, 0) is 18.2 Å². The smallest absolute Gasteiger partial charge is 0.449 e. The topological polar surface area (TPSA) is 13.1 Å². The summed E-state index contributed by atoms with van der Waals surface area (Å²) in [7, 11) is 0. The van der Waals surface area contributed by atoms with Gasteiger partial charge in [-0.2, -0.15) is 13.2 Å². The second kappa shape index (κ2) is 2.52. The van der Waals surface area contributed by atoms with Gasteiger partial charge in [0.25, 0.3) is 0 Å². The fourth-order valence-electron chi connectivity index (χ4n) is 1.05. The summed E-state index contributed by atoms with van der Waals surface area (Å²) in [6.07, 6.45) is -4.42. The first-order chi connectivity index (χ1) is 6.07. The zero-order valence-corrected chi connectivity index (χ0v) is 6.35. The number of rotatable bonds is 0. The normalized spacial score (nSPS) is 12.2. The molecule has 2 aromatic rings. The molecule has 0 atom stereocenters. The number of benzene rings is 1. The van der Waals surface area contributed by atoms with Gasteiger partial charge in [-0.3, -0.25) is 0 Å². The molecule has 4 heteroatoms. The molecular formula is C9H4F3O. The fraction of sp³-hybridized carbons (Fsp3) is 0.111. The molecule has 1 radical (unpaired) electrons. The Balaban J connectivity index is 2.63. The molecule has 1 aromatic heterocycles. The molecule has 0 aliphatic carbocycles. The zero-order valence-electron chi connectivity index (χ0n) is 6.35. The van der Waals surface area contributed by atoms with Crippen LogP contribution in [0, 0.1) is 6.07 Å². The molecule has 0 spiro atoms. The highest BCUT2D eigenvalue weighted by atomic mass is 19.4. The van der Waals surface area contributed by atoms with E-state index in [9.17, 15) is 13.2 Å². The summed E-state index contributed by atoms with van der Waals surface area (Å²) in [5, 5.41) is 0.342. The predicted molar refractivity (Wildman–Crippen MR) is 40.1 cm³/mol. The van der Waals surface area contributed by atoms with E-state index in [-0.39, 0.29) is 5.58 Å². The first kappa shape index (κ1) is 8.16. The van der Waals surface area contributed by atoms with E-state index >= 15 is 0 Å². The maximum Gasteiger partial charge on any atom is 0.449 e. The van der Waals surface area contributed by atoms with Crippen molar-refractivity contribution in [1.29, 1.82) is 0 Å². The van der Waals surface area contributed by atoms with Crippen LogP contribution in [0.2, 0.25) is 0 Å². The molecule has 1 aromatic carbocycles. The molecule has 1 heterocycles. The zero-order chi connectivity index (χ0) is 9.47. The second-order valence-electron chi connectivity index (χ2n) is 2.56. The monoisotopic (exact) mass is 185 g/mol. The van der Waals surface area contributed by atoms with Crippen LogP contribution in [0.4, 0.5) is 13.2 Å². The Hall–Kier alpha value is -1.45. The quantitative estimate of drug-likeness (QED) is 0.614. The molecule has 0 aliphatic rings. The number of fused-ring (bicyclic) bond motifs is 1. The highest BCUT2D eigenvalue weighted by Crippen LogP contribution is 2.33. The van der Waals surface area contributed by atoms with Crippen LogP contribution < -0.4 is 0 Å². The van der Waals surface area contributed by atoms with Crippen LogP contribution in [-0.4, -0.2) is 0 Å². The van der Waals surface area contributed by atoms with Crippen molar-refractivity contribution in [2.75, 3.05) is 0 Å². The lowest BCUT2D eigenvalue weighted by molar-refractivity contribution is -0.152. The fourth-order valence-corrected chi connectivity index (χ4v) is 1.05. The van der Waals surface area contributed by atoms with Crippen molar-refractivity contribution in [3.05, 3.63) is 36.1 Å². The Labute approximate surface area is 71.8 Å². The highest BCUT2D eigenvalue weighted by Gasteiger charge is 2.34. The summed E-state index contributed by atoms with van der Waals surface area (Å²) in [5.74, 6) is -0.982. The van der Waals surface area contributed by atoms with Gasteiger partial charge in [0, 0.05) is 5.39 Å². The third-order valence-corrected chi connectivity index (χ3v) is 1.62. The molecule has 0 saturated heterocycles. The Morgan fingerprint density at radius 2 is 2.08 bits per heavy atom. The Morgan fingerprint density at radius 3 is 2.69 bits per heavy atom. The number of hydrogen-bond donors (Lipinski definition) is 0. The maximum absolute atomic E-state index is 12.1. The molecule has 67 valence electrons. The Morgan fingerprint density at radius 1 is 1.31 bits per heavy atom. The molecule has 0 fully saturated rings. The Kier molecular flexibility index (Phi) is 1.58. The predicted octanol–water partition coefficient (Wildman–Crippen LogP) is 3.25. The van der Waals surface area contributed by atoms with E-state index in [1.165, 1.54) is 12.1 Å². The molecule has 0 amide bonds. The van der Waals surface area contributed by atoms with Crippen molar-refractivity contribution in [2.45, 2.75) is 6.18 Å². The van der Waals surface area contributed by atoms with Crippen molar-refractivity contribution in [1.82, 2.24) is 0 Å². The van der Waals surface area contributed by atoms with E-state index in [1.807, 2.05) is 0 Å². The van der Waals surface area contributed by atoms with Gasteiger partial charge in [0.2, 0.25) is 5.76 Å². The lowest BCUT2D eigenvalue weighted by Gasteiger charge is -1.98. The van der Waals surface area contributed by atoms with E-state index in [0.29, 0.717) is 5.39 Å². The largest absolute Gasteiger partial charge is 0.451 e. The minimum atomic E-state index is -4.42. The first-order valence-electron chi connectivity index (χ1n) is 3.55. The van der Waals surface area contributed by atoms with E-state index < -0.39 is 11.9 Å². The molecule has 0 bridgehead atoms. The Bertz CT molecular complexity index is 395. The van der Waals surface area contributed by atoms with Crippen molar-refractivity contribution >= 4 is 11.0 Å². The minimum absolute atomic E-state index is 0.204. The average molecular weight is 185 g/mol. The van der Waals surface area contributed by atoms with Gasteiger partial charge in [-0.1, -0.05) is 12.1 Å². The van der Waals surface area contributed by atoms with Gasteiger partial charge in [0.15, 0.2) is 0 Å². The number of furan rings is 1. The van der Waals surface area contributed by atoms with Gasteiger partial charge in [-0.25, -0.2) is 0 Å². The van der Waals surface area contributed by atoms with Crippen LogP contribution in [0.25, 0.3) is 11.0 Å². The van der Waals surface area contributed by atoms with Gasteiger partial charge < -0.3 is 4.42 Å². The summed E-state index contributed by atoms with van der Waals surface area (Å²) >= 11 is 0. The van der Waals surface area contributed by atoms with Gasteiger partial charge >= 0.3 is 6.18 Å². The van der Waals surface area contributed by atoms with E-state index in [2.05, 4.69) is 10.5 Å². The van der Waals surface area contributed by atoms with Crippen LogP contribution >= 0.6 is 0 Å². The number of halogens is 3. The molecule has 0 aliphatic heterocycles. The molecule has 0 saturated carbocycles. The highest BCUT2D eigenvalue weighted by molar-refractivity contribution is 5.77. The number of hydrogen-bond acceptors (Lipinski definition) is 1. The van der Waals surface area contributed by atoms with Crippen molar-refractivity contribution in [3.8, 4) is 0 Å². The van der Waals surface area contributed by atoms with Crippen molar-refractivity contribution in [2.24, 2.45) is 0 Å². The lowest BCUT2D eigenvalue weighted by atomic mass is 10.2. The van der Waals surface area contributed by atoms with Crippen LogP contribution in [0.5, 0.6) is 0 Å². The summed E-state index contributed by atoms with van der Waals surface area (Å²) < 4.78 is 40.9. The van der Waals surface area contributed by atoms with E-state index in [1.54, 1.807) is 6.07 Å². The second-order valence-corrected chi connectivity index (χ2v) is 2.56. The van der Waals surface area contributed by atoms with Crippen molar-refractivity contribution < 1.29 is 17.6 Å². The van der Waals surface area contributed by atoms with E-state index in [4.69, 9.17) is 0 Å². The molecule has 13 heavy (non-hydrogen) atoms. The van der Waals surface area contributed by atoms with Crippen LogP contribution in [-0.2, 0) is 6.18 Å². The van der Waals surface area contributed by atoms with Crippen molar-refractivity contribution in [3.63, 3.8) is 0 Å². The number of alkyl halides is 3. The third kappa shape index (κ3) is 1.39. The SMILES string of the molecule is FC(F)(F)c1cc2[c]cccc2o1. The molecule has 0 unspecified atom stereocenters. The minimum Gasteiger partial charge on any atom is -0.451 e. The molecule has 2 rings (SSSR count). The lowest BCUT2D eigenvalue weighted by Crippen LogP contribution is -2.01. The first-order valence-corrected chi connectivity index (χ1v) is 3.55. The molecule has 0 N–H and O–H groups in total. The van der Waals surface area contributed by atoms with Gasteiger partial charge in [0.1, 0.15) is 5.58 Å². The van der Waals surface area contributed by atoms with Gasteiger partial charge in [-0.15, -0.1) is 0 Å². The van der Waals surface area contributed by atoms with Crippen LogP contribution in [0.15, 0.2) is 28.7 Å². The summed E-state index contributed by atoms with van der Waals surface area (Å²) in [5.41, 5.74) is 0.204. The maximum atomic E-state index is 12.1. The van der Waals surface area contributed by atoms with E-state index in [0.717, 1.165) is 6.07 Å². The average Bonchev–Trinajstić information content (AvgIpc) is 2.45.